The first-order valence-electron chi connectivity index (χ1n) is 13.4. The number of rotatable bonds is 7. The molecule has 2 unspecified atom stereocenters. The second-order valence-corrected chi connectivity index (χ2v) is 12.0. The van der Waals surface area contributed by atoms with Crippen molar-refractivity contribution in [3.05, 3.63) is 70.3 Å². The molecule has 2 aliphatic heterocycles. The van der Waals surface area contributed by atoms with Crippen LogP contribution in [0, 0.1) is 19.8 Å². The molecule has 1 spiro atoms. The maximum absolute atomic E-state index is 11.8. The van der Waals surface area contributed by atoms with E-state index in [1.807, 2.05) is 26.0 Å². The van der Waals surface area contributed by atoms with Crippen molar-refractivity contribution in [2.24, 2.45) is 5.92 Å². The molecule has 2 heterocycles. The Balaban J connectivity index is 1.39. The molecule has 2 fully saturated rings. The molecule has 2 aliphatic carbocycles. The molecule has 5 nitrogen and oxygen atoms in total. The number of benzene rings is 2. The fraction of sp³-hybridized carbons (Fsp3) is 0.548. The highest BCUT2D eigenvalue weighted by Gasteiger charge is 2.60. The molecule has 192 valence electrons. The lowest BCUT2D eigenvalue weighted by molar-refractivity contribution is -0.0535. The molecular formula is C31H39NO4. The molecule has 6 rings (SSSR count). The SMILES string of the molecule is C=C(C(OC)[C@@H]1Oc2c(O)ccc3c2[C@@]12CCN(CC1CC1)[C@@H](C3)C2)C(C)(O)c1cc(C)cc(C)c1. The van der Waals surface area contributed by atoms with Gasteiger partial charge in [0.25, 0.3) is 0 Å². The van der Waals surface area contributed by atoms with Crippen LogP contribution < -0.4 is 4.74 Å². The summed E-state index contributed by atoms with van der Waals surface area (Å²) < 4.78 is 12.8. The lowest BCUT2D eigenvalue weighted by Gasteiger charge is -2.52. The molecule has 2 aromatic rings. The monoisotopic (exact) mass is 489 g/mol. The van der Waals surface area contributed by atoms with Crippen molar-refractivity contribution >= 4 is 0 Å². The van der Waals surface area contributed by atoms with Gasteiger partial charge in [-0.05, 0) is 88.1 Å². The summed E-state index contributed by atoms with van der Waals surface area (Å²) in [5.74, 6) is 1.65. The lowest BCUT2D eigenvalue weighted by Crippen LogP contribution is -2.60. The van der Waals surface area contributed by atoms with Crippen molar-refractivity contribution in [1.82, 2.24) is 4.90 Å². The maximum Gasteiger partial charge on any atom is 0.165 e. The summed E-state index contributed by atoms with van der Waals surface area (Å²) in [6.07, 6.45) is 4.73. The Morgan fingerprint density at radius 2 is 1.97 bits per heavy atom. The summed E-state index contributed by atoms with van der Waals surface area (Å²) in [5.41, 5.74) is 4.48. The number of piperidine rings is 1. The van der Waals surface area contributed by atoms with Crippen molar-refractivity contribution < 1.29 is 19.7 Å². The van der Waals surface area contributed by atoms with Gasteiger partial charge in [0.2, 0.25) is 0 Å². The summed E-state index contributed by atoms with van der Waals surface area (Å²) >= 11 is 0. The number of hydrogen-bond acceptors (Lipinski definition) is 5. The number of fused-ring (bicyclic) bond motifs is 1. The molecule has 1 saturated heterocycles. The van der Waals surface area contributed by atoms with Crippen molar-refractivity contribution in [3.8, 4) is 11.5 Å². The van der Waals surface area contributed by atoms with E-state index in [0.717, 1.165) is 54.0 Å². The Kier molecular flexibility index (Phi) is 5.56. The quantitative estimate of drug-likeness (QED) is 0.541. The zero-order valence-electron chi connectivity index (χ0n) is 22.0. The van der Waals surface area contributed by atoms with Crippen LogP contribution in [0.25, 0.3) is 0 Å². The standard InChI is InChI=1S/C31H39NO4/c1-18-12-19(2)14-23(13-18)30(4,34)20(3)27(35-5)29-31-10-11-32(17-21-6-7-21)24(16-31)15-22-8-9-25(33)28(36-29)26(22)31/h8-9,12-14,21,24,27,29,33-34H,3,6-7,10-11,15-17H2,1-2,4-5H3/t24-,27?,29-,30?,31-/m0/s1. The minimum atomic E-state index is -1.29. The van der Waals surface area contributed by atoms with Crippen LogP contribution in [0.2, 0.25) is 0 Å². The number of methoxy groups -OCH3 is 1. The van der Waals surface area contributed by atoms with Gasteiger partial charge in [0.15, 0.2) is 11.5 Å². The zero-order chi connectivity index (χ0) is 25.4. The topological polar surface area (TPSA) is 62.2 Å². The van der Waals surface area contributed by atoms with Crippen LogP contribution >= 0.6 is 0 Å². The number of ether oxygens (including phenoxy) is 2. The van der Waals surface area contributed by atoms with Crippen molar-refractivity contribution in [2.75, 3.05) is 20.2 Å². The number of phenols is 1. The Labute approximate surface area is 214 Å². The predicted octanol–water partition coefficient (Wildman–Crippen LogP) is 4.92. The first-order valence-corrected chi connectivity index (χ1v) is 13.4. The highest BCUT2D eigenvalue weighted by molar-refractivity contribution is 5.60. The van der Waals surface area contributed by atoms with E-state index < -0.39 is 11.7 Å². The van der Waals surface area contributed by atoms with Gasteiger partial charge in [-0.25, -0.2) is 0 Å². The molecular weight excluding hydrogens is 450 g/mol. The van der Waals surface area contributed by atoms with Gasteiger partial charge in [0.1, 0.15) is 17.8 Å². The van der Waals surface area contributed by atoms with Crippen LogP contribution in [0.15, 0.2) is 42.5 Å². The highest BCUT2D eigenvalue weighted by Crippen LogP contribution is 2.59. The minimum Gasteiger partial charge on any atom is -0.504 e. The maximum atomic E-state index is 11.8. The normalized spacial score (nSPS) is 29.2. The Morgan fingerprint density at radius 1 is 1.25 bits per heavy atom. The van der Waals surface area contributed by atoms with E-state index >= 15 is 0 Å². The van der Waals surface area contributed by atoms with Gasteiger partial charge in [0.05, 0.1) is 0 Å². The first-order chi connectivity index (χ1) is 17.1. The van der Waals surface area contributed by atoms with Crippen molar-refractivity contribution in [1.29, 1.82) is 0 Å². The van der Waals surface area contributed by atoms with E-state index in [1.165, 1.54) is 24.9 Å². The zero-order valence-corrected chi connectivity index (χ0v) is 22.0. The fourth-order valence-electron chi connectivity index (χ4n) is 7.34. The molecule has 2 N–H and O–H groups in total. The largest absolute Gasteiger partial charge is 0.504 e. The van der Waals surface area contributed by atoms with Crippen LogP contribution in [-0.4, -0.2) is 53.6 Å². The Bertz CT molecular complexity index is 1200. The van der Waals surface area contributed by atoms with Gasteiger partial charge in [-0.2, -0.15) is 0 Å². The lowest BCUT2D eigenvalue weighted by atomic mass is 9.60. The minimum absolute atomic E-state index is 0.191. The average molecular weight is 490 g/mol. The number of aryl methyl sites for hydroxylation is 2. The molecule has 0 aromatic heterocycles. The third-order valence-corrected chi connectivity index (χ3v) is 9.40. The van der Waals surface area contributed by atoms with Crippen LogP contribution in [0.1, 0.15) is 60.4 Å². The van der Waals surface area contributed by atoms with Gasteiger partial charge < -0.3 is 19.7 Å². The number of aromatic hydroxyl groups is 1. The third-order valence-electron chi connectivity index (χ3n) is 9.40. The second-order valence-electron chi connectivity index (χ2n) is 12.0. The summed E-state index contributed by atoms with van der Waals surface area (Å²) in [6, 6.07) is 10.5. The Morgan fingerprint density at radius 3 is 2.64 bits per heavy atom. The third kappa shape index (κ3) is 3.62. The Hall–Kier alpha value is -2.34. The van der Waals surface area contributed by atoms with Crippen LogP contribution in [-0.2, 0) is 22.2 Å². The van der Waals surface area contributed by atoms with E-state index in [0.29, 0.717) is 17.4 Å². The fourth-order valence-corrected chi connectivity index (χ4v) is 7.34. The number of phenolic OH excluding ortho intramolecular Hbond substituents is 1. The second kappa shape index (κ2) is 8.34. The van der Waals surface area contributed by atoms with E-state index in [9.17, 15) is 10.2 Å². The predicted molar refractivity (Wildman–Crippen MR) is 141 cm³/mol. The number of aliphatic hydroxyl groups is 1. The van der Waals surface area contributed by atoms with Gasteiger partial charge in [0, 0.05) is 30.7 Å². The molecule has 36 heavy (non-hydrogen) atoms. The molecule has 0 amide bonds. The molecule has 5 heteroatoms. The summed E-state index contributed by atoms with van der Waals surface area (Å²) in [5, 5.41) is 22.7. The van der Waals surface area contributed by atoms with Gasteiger partial charge in [-0.1, -0.05) is 42.0 Å². The van der Waals surface area contributed by atoms with E-state index in [4.69, 9.17) is 9.47 Å². The molecule has 2 aromatic carbocycles. The van der Waals surface area contributed by atoms with Crippen LogP contribution in [0.3, 0.4) is 0 Å². The molecule has 1 saturated carbocycles. The van der Waals surface area contributed by atoms with E-state index in [1.54, 1.807) is 20.1 Å². The molecule has 0 radical (unpaired) electrons. The van der Waals surface area contributed by atoms with E-state index in [2.05, 4.69) is 23.6 Å². The van der Waals surface area contributed by atoms with Crippen LogP contribution in [0.4, 0.5) is 0 Å². The number of hydrogen-bond donors (Lipinski definition) is 2. The average Bonchev–Trinajstić information content (AvgIpc) is 3.59. The van der Waals surface area contributed by atoms with Crippen LogP contribution in [0.5, 0.6) is 11.5 Å². The molecule has 2 bridgehead atoms. The molecule has 5 atom stereocenters. The van der Waals surface area contributed by atoms with Gasteiger partial charge >= 0.3 is 0 Å². The molecule has 4 aliphatic rings. The van der Waals surface area contributed by atoms with Gasteiger partial charge in [-0.3, -0.25) is 4.90 Å². The number of likely N-dealkylation sites (tertiary alicyclic amines) is 1. The highest BCUT2D eigenvalue weighted by atomic mass is 16.5. The summed E-state index contributed by atoms with van der Waals surface area (Å²) in [7, 11) is 1.68. The summed E-state index contributed by atoms with van der Waals surface area (Å²) in [4.78, 5) is 2.69. The number of nitrogens with zero attached hydrogens (tertiary/aromatic N) is 1. The van der Waals surface area contributed by atoms with Crippen molar-refractivity contribution in [3.63, 3.8) is 0 Å². The smallest absolute Gasteiger partial charge is 0.165 e. The van der Waals surface area contributed by atoms with E-state index in [-0.39, 0.29) is 17.3 Å². The van der Waals surface area contributed by atoms with Crippen molar-refractivity contribution in [2.45, 2.75) is 82.1 Å². The first kappa shape index (κ1) is 24.0. The summed E-state index contributed by atoms with van der Waals surface area (Å²) in [6.45, 7) is 12.5. The van der Waals surface area contributed by atoms with Gasteiger partial charge in [-0.15, -0.1) is 0 Å².